The van der Waals surface area contributed by atoms with Gasteiger partial charge in [-0.2, -0.15) is 12.7 Å². The van der Waals surface area contributed by atoms with Crippen molar-refractivity contribution in [3.8, 4) is 0 Å². The molecule has 122 valence electrons. The van der Waals surface area contributed by atoms with Gasteiger partial charge in [0.1, 0.15) is 0 Å². The molecule has 0 aromatic heterocycles. The summed E-state index contributed by atoms with van der Waals surface area (Å²) in [5, 5.41) is 0. The van der Waals surface area contributed by atoms with Gasteiger partial charge in [-0.15, -0.1) is 0 Å². The summed E-state index contributed by atoms with van der Waals surface area (Å²) in [5.74, 6) is 0. The van der Waals surface area contributed by atoms with E-state index in [0.29, 0.717) is 19.6 Å². The maximum atomic E-state index is 12.2. The number of rotatable bonds is 5. The maximum Gasteiger partial charge on any atom is 0.279 e. The van der Waals surface area contributed by atoms with Gasteiger partial charge >= 0.3 is 0 Å². The molecular formula is C16H25N3O2S. The number of nitrogens with one attached hydrogen (secondary N) is 1. The number of piperidine rings is 1. The molecule has 0 bridgehead atoms. The van der Waals surface area contributed by atoms with Crippen molar-refractivity contribution in [1.82, 2.24) is 13.9 Å². The molecule has 2 heterocycles. The van der Waals surface area contributed by atoms with Crippen LogP contribution in [0.5, 0.6) is 0 Å². The van der Waals surface area contributed by atoms with E-state index in [1.165, 1.54) is 11.1 Å². The van der Waals surface area contributed by atoms with Crippen molar-refractivity contribution < 1.29 is 8.42 Å². The maximum absolute atomic E-state index is 12.2. The highest BCUT2D eigenvalue weighted by molar-refractivity contribution is 7.87. The zero-order chi connectivity index (χ0) is 15.4. The predicted molar refractivity (Wildman–Crippen MR) is 87.8 cm³/mol. The number of fused-ring (bicyclic) bond motifs is 1. The lowest BCUT2D eigenvalue weighted by Gasteiger charge is -2.30. The Balaban J connectivity index is 1.47. The lowest BCUT2D eigenvalue weighted by atomic mass is 10.0. The molecule has 1 saturated heterocycles. The predicted octanol–water partition coefficient (Wildman–Crippen LogP) is 1.36. The van der Waals surface area contributed by atoms with Gasteiger partial charge in [0.05, 0.1) is 0 Å². The lowest BCUT2D eigenvalue weighted by molar-refractivity contribution is 0.257. The molecule has 5 nitrogen and oxygen atoms in total. The third kappa shape index (κ3) is 3.87. The molecule has 0 aliphatic carbocycles. The molecule has 1 aromatic carbocycles. The molecule has 2 aliphatic rings. The van der Waals surface area contributed by atoms with Crippen molar-refractivity contribution in [2.24, 2.45) is 0 Å². The van der Waals surface area contributed by atoms with Crippen LogP contribution in [0.3, 0.4) is 0 Å². The summed E-state index contributed by atoms with van der Waals surface area (Å²) in [5.41, 5.74) is 2.79. The highest BCUT2D eigenvalue weighted by Gasteiger charge is 2.23. The summed E-state index contributed by atoms with van der Waals surface area (Å²) in [7, 11) is -3.29. The number of hydrogen-bond donors (Lipinski definition) is 1. The second-order valence-electron chi connectivity index (χ2n) is 6.15. The molecule has 3 rings (SSSR count). The normalized spacial score (nSPS) is 20.7. The Morgan fingerprint density at radius 1 is 1.00 bits per heavy atom. The standard InChI is InChI=1S/C16H25N3O2S/c20-22(21,19-10-4-1-5-11-19)17-9-13-18-12-8-15-6-2-3-7-16(15)14-18/h2-3,6-7,17H,1,4-5,8-14H2. The topological polar surface area (TPSA) is 52.7 Å². The highest BCUT2D eigenvalue weighted by atomic mass is 32.2. The van der Waals surface area contributed by atoms with Crippen LogP contribution in [0.15, 0.2) is 24.3 Å². The minimum Gasteiger partial charge on any atom is -0.297 e. The van der Waals surface area contributed by atoms with Crippen LogP contribution >= 0.6 is 0 Å². The SMILES string of the molecule is O=S(=O)(NCCN1CCc2ccccc2C1)N1CCCCC1. The van der Waals surface area contributed by atoms with Crippen LogP contribution in [0.1, 0.15) is 30.4 Å². The van der Waals surface area contributed by atoms with Crippen LogP contribution in [-0.2, 0) is 23.2 Å². The minimum atomic E-state index is -3.29. The first-order chi connectivity index (χ1) is 10.6. The average Bonchev–Trinajstić information content (AvgIpc) is 2.55. The third-order valence-corrected chi connectivity index (χ3v) is 6.19. The first kappa shape index (κ1) is 15.9. The number of benzene rings is 1. The lowest BCUT2D eigenvalue weighted by Crippen LogP contribution is -2.46. The Hall–Kier alpha value is -0.950. The van der Waals surface area contributed by atoms with E-state index in [4.69, 9.17) is 0 Å². The molecular weight excluding hydrogens is 298 g/mol. The van der Waals surface area contributed by atoms with E-state index in [9.17, 15) is 8.42 Å². The van der Waals surface area contributed by atoms with Crippen molar-refractivity contribution in [2.75, 3.05) is 32.7 Å². The van der Waals surface area contributed by atoms with E-state index in [1.807, 2.05) is 0 Å². The Bertz CT molecular complexity index is 597. The van der Waals surface area contributed by atoms with Gasteiger partial charge < -0.3 is 0 Å². The molecule has 1 aromatic rings. The first-order valence-electron chi connectivity index (χ1n) is 8.19. The van der Waals surface area contributed by atoms with Crippen LogP contribution in [-0.4, -0.2) is 50.3 Å². The van der Waals surface area contributed by atoms with E-state index in [0.717, 1.165) is 45.3 Å². The highest BCUT2D eigenvalue weighted by Crippen LogP contribution is 2.18. The van der Waals surface area contributed by atoms with Gasteiger partial charge in [-0.25, -0.2) is 4.72 Å². The van der Waals surface area contributed by atoms with Gasteiger partial charge in [0, 0.05) is 39.3 Å². The Labute approximate surface area is 133 Å². The van der Waals surface area contributed by atoms with Gasteiger partial charge in [0.2, 0.25) is 0 Å². The monoisotopic (exact) mass is 323 g/mol. The molecule has 1 fully saturated rings. The Morgan fingerprint density at radius 3 is 2.50 bits per heavy atom. The molecule has 2 aliphatic heterocycles. The van der Waals surface area contributed by atoms with Gasteiger partial charge in [-0.05, 0) is 30.4 Å². The summed E-state index contributed by atoms with van der Waals surface area (Å²) < 4.78 is 28.8. The molecule has 6 heteroatoms. The summed E-state index contributed by atoms with van der Waals surface area (Å²) in [4.78, 5) is 2.32. The summed E-state index contributed by atoms with van der Waals surface area (Å²) in [6.45, 7) is 4.49. The van der Waals surface area contributed by atoms with Crippen molar-refractivity contribution in [3.63, 3.8) is 0 Å². The van der Waals surface area contributed by atoms with Crippen LogP contribution in [0, 0.1) is 0 Å². The molecule has 1 N–H and O–H groups in total. The second-order valence-corrected chi connectivity index (χ2v) is 7.91. The van der Waals surface area contributed by atoms with Crippen LogP contribution in [0.25, 0.3) is 0 Å². The fraction of sp³-hybridized carbons (Fsp3) is 0.625. The molecule has 0 spiro atoms. The quantitative estimate of drug-likeness (QED) is 0.890. The molecule has 0 atom stereocenters. The van der Waals surface area contributed by atoms with Gasteiger partial charge in [-0.1, -0.05) is 30.7 Å². The second kappa shape index (κ2) is 7.08. The van der Waals surface area contributed by atoms with Crippen LogP contribution in [0.4, 0.5) is 0 Å². The zero-order valence-electron chi connectivity index (χ0n) is 13.0. The zero-order valence-corrected chi connectivity index (χ0v) is 13.8. The summed E-state index contributed by atoms with van der Waals surface area (Å²) in [6, 6.07) is 8.51. The summed E-state index contributed by atoms with van der Waals surface area (Å²) >= 11 is 0. The molecule has 0 unspecified atom stereocenters. The van der Waals surface area contributed by atoms with Crippen molar-refractivity contribution in [3.05, 3.63) is 35.4 Å². The average molecular weight is 323 g/mol. The Kier molecular flexibility index (Phi) is 5.13. The van der Waals surface area contributed by atoms with Crippen molar-refractivity contribution >= 4 is 10.2 Å². The van der Waals surface area contributed by atoms with E-state index in [-0.39, 0.29) is 0 Å². The molecule has 22 heavy (non-hydrogen) atoms. The fourth-order valence-corrected chi connectivity index (χ4v) is 4.55. The molecule has 0 amide bonds. The third-order valence-electron chi connectivity index (χ3n) is 4.58. The van der Waals surface area contributed by atoms with Gasteiger partial charge in [0.25, 0.3) is 10.2 Å². The largest absolute Gasteiger partial charge is 0.297 e. The smallest absolute Gasteiger partial charge is 0.279 e. The fourth-order valence-electron chi connectivity index (χ4n) is 3.27. The van der Waals surface area contributed by atoms with Gasteiger partial charge in [-0.3, -0.25) is 4.90 Å². The van der Waals surface area contributed by atoms with Crippen molar-refractivity contribution in [1.29, 1.82) is 0 Å². The first-order valence-corrected chi connectivity index (χ1v) is 9.63. The number of nitrogens with zero attached hydrogens (tertiary/aromatic N) is 2. The van der Waals surface area contributed by atoms with E-state index < -0.39 is 10.2 Å². The van der Waals surface area contributed by atoms with E-state index in [2.05, 4.69) is 33.9 Å². The Morgan fingerprint density at radius 2 is 1.73 bits per heavy atom. The van der Waals surface area contributed by atoms with Crippen LogP contribution < -0.4 is 4.72 Å². The van der Waals surface area contributed by atoms with Crippen LogP contribution in [0.2, 0.25) is 0 Å². The van der Waals surface area contributed by atoms with Crippen molar-refractivity contribution in [2.45, 2.75) is 32.2 Å². The van der Waals surface area contributed by atoms with E-state index in [1.54, 1.807) is 4.31 Å². The summed E-state index contributed by atoms with van der Waals surface area (Å²) in [6.07, 6.45) is 4.14. The molecule has 0 radical (unpaired) electrons. The van der Waals surface area contributed by atoms with E-state index >= 15 is 0 Å². The van der Waals surface area contributed by atoms with Gasteiger partial charge in [0.15, 0.2) is 0 Å². The molecule has 0 saturated carbocycles. The minimum absolute atomic E-state index is 0.487. The number of hydrogen-bond acceptors (Lipinski definition) is 3.